The minimum atomic E-state index is -1.27. The Morgan fingerprint density at radius 1 is 1.06 bits per heavy atom. The molecule has 1 aliphatic heterocycles. The molecule has 184 valence electrons. The van der Waals surface area contributed by atoms with E-state index in [0.29, 0.717) is 11.2 Å². The molecule has 0 radical (unpaired) electrons. The highest BCUT2D eigenvalue weighted by Crippen LogP contribution is 2.39. The number of aromatic nitrogens is 1. The van der Waals surface area contributed by atoms with Gasteiger partial charge >= 0.3 is 5.97 Å². The summed E-state index contributed by atoms with van der Waals surface area (Å²) in [7, 11) is 0. The number of anilines is 1. The van der Waals surface area contributed by atoms with Gasteiger partial charge in [-0.3, -0.25) is 9.69 Å². The fourth-order valence-corrected chi connectivity index (χ4v) is 6.13. The highest BCUT2D eigenvalue weighted by molar-refractivity contribution is 5.93. The topological polar surface area (TPSA) is 65.8 Å². The van der Waals surface area contributed by atoms with Crippen molar-refractivity contribution in [2.45, 2.75) is 57.4 Å². The van der Waals surface area contributed by atoms with E-state index in [1.54, 1.807) is 17.2 Å². The Balaban J connectivity index is 1.23. The number of hydrogen-bond donors (Lipinski definition) is 1. The van der Waals surface area contributed by atoms with Crippen molar-refractivity contribution in [3.05, 3.63) is 62.7 Å². The van der Waals surface area contributed by atoms with Crippen LogP contribution < -0.4 is 10.3 Å². The van der Waals surface area contributed by atoms with Crippen LogP contribution in [-0.4, -0.2) is 53.3 Å². The van der Waals surface area contributed by atoms with Gasteiger partial charge in [0, 0.05) is 50.3 Å². The van der Waals surface area contributed by atoms with Crippen molar-refractivity contribution in [2.75, 3.05) is 37.6 Å². The normalized spacial score (nSPS) is 21.3. The van der Waals surface area contributed by atoms with E-state index in [4.69, 9.17) is 0 Å². The Morgan fingerprint density at radius 2 is 1.83 bits per heavy atom. The first-order valence-corrected chi connectivity index (χ1v) is 13.0. The van der Waals surface area contributed by atoms with Gasteiger partial charge in [-0.15, -0.1) is 0 Å². The maximum absolute atomic E-state index is 15.3. The van der Waals surface area contributed by atoms with Gasteiger partial charge in [0.05, 0.1) is 11.2 Å². The van der Waals surface area contributed by atoms with E-state index in [9.17, 15) is 14.7 Å². The first-order valence-electron chi connectivity index (χ1n) is 13.0. The quantitative estimate of drug-likeness (QED) is 0.665. The Hall–Kier alpha value is -2.93. The van der Waals surface area contributed by atoms with Gasteiger partial charge in [0.15, 0.2) is 0 Å². The molecule has 0 spiro atoms. The number of allylic oxidation sites excluding steroid dienone is 2. The van der Waals surface area contributed by atoms with Crippen LogP contribution in [0.4, 0.5) is 10.1 Å². The van der Waals surface area contributed by atoms with Crippen LogP contribution in [0.3, 0.4) is 0 Å². The molecule has 2 fully saturated rings. The van der Waals surface area contributed by atoms with Gasteiger partial charge in [-0.05, 0) is 74.6 Å². The smallest absolute Gasteiger partial charge is 0.341 e. The number of rotatable bonds is 5. The number of carboxylic acids is 1. The summed E-state index contributed by atoms with van der Waals surface area (Å²) in [6.45, 7) is 4.16. The fourth-order valence-electron chi connectivity index (χ4n) is 6.13. The van der Waals surface area contributed by atoms with E-state index >= 15 is 4.39 Å². The minimum absolute atomic E-state index is 0.150. The number of nitrogens with zero attached hydrogens (tertiary/aromatic N) is 3. The summed E-state index contributed by atoms with van der Waals surface area (Å²) in [5.74, 6) is -1.73. The molecule has 0 unspecified atom stereocenters. The van der Waals surface area contributed by atoms with Gasteiger partial charge in [-0.2, -0.15) is 0 Å². The number of carbonyl (C=O) groups is 1. The molecular weight excluding hydrogens is 445 g/mol. The summed E-state index contributed by atoms with van der Waals surface area (Å²) in [6, 6.07) is 3.18. The van der Waals surface area contributed by atoms with Gasteiger partial charge in [0.25, 0.3) is 0 Å². The van der Waals surface area contributed by atoms with Crippen molar-refractivity contribution in [1.29, 1.82) is 0 Å². The zero-order valence-electron chi connectivity index (χ0n) is 20.1. The maximum Gasteiger partial charge on any atom is 0.341 e. The van der Waals surface area contributed by atoms with Crippen LogP contribution >= 0.6 is 0 Å². The number of halogens is 1. The van der Waals surface area contributed by atoms with Gasteiger partial charge in [0.1, 0.15) is 11.4 Å². The molecule has 1 saturated heterocycles. The van der Waals surface area contributed by atoms with Gasteiger partial charge in [-0.25, -0.2) is 9.18 Å². The first-order chi connectivity index (χ1) is 17.0. The maximum atomic E-state index is 15.3. The monoisotopic (exact) mass is 477 g/mol. The number of fused-ring (bicyclic) bond motifs is 1. The highest BCUT2D eigenvalue weighted by atomic mass is 19.1. The molecular formula is C28H32FN3O3. The second-order valence-corrected chi connectivity index (χ2v) is 10.5. The van der Waals surface area contributed by atoms with Crippen LogP contribution in [0.1, 0.15) is 67.8 Å². The summed E-state index contributed by atoms with van der Waals surface area (Å²) >= 11 is 0. The van der Waals surface area contributed by atoms with Gasteiger partial charge in [-0.1, -0.05) is 11.6 Å². The van der Waals surface area contributed by atoms with E-state index in [0.717, 1.165) is 52.0 Å². The molecule has 6 rings (SSSR count). The van der Waals surface area contributed by atoms with E-state index < -0.39 is 17.2 Å². The summed E-state index contributed by atoms with van der Waals surface area (Å²) in [4.78, 5) is 28.9. The van der Waals surface area contributed by atoms with Crippen LogP contribution in [0.5, 0.6) is 0 Å². The summed E-state index contributed by atoms with van der Waals surface area (Å²) in [5, 5.41) is 9.61. The summed E-state index contributed by atoms with van der Waals surface area (Å²) < 4.78 is 17.1. The fraction of sp³-hybridized carbons (Fsp3) is 0.500. The van der Waals surface area contributed by atoms with Gasteiger partial charge < -0.3 is 14.6 Å². The molecule has 1 aromatic heterocycles. The minimum Gasteiger partial charge on any atom is -0.477 e. The van der Waals surface area contributed by atoms with E-state index in [1.807, 2.05) is 4.57 Å². The van der Waals surface area contributed by atoms with Crippen molar-refractivity contribution < 1.29 is 14.3 Å². The second-order valence-electron chi connectivity index (χ2n) is 10.5. The average molecular weight is 478 g/mol. The molecule has 0 atom stereocenters. The molecule has 0 bridgehead atoms. The summed E-state index contributed by atoms with van der Waals surface area (Å²) in [5.41, 5.74) is 5.03. The Labute approximate surface area is 204 Å². The van der Waals surface area contributed by atoms with Crippen LogP contribution in [-0.2, 0) is 0 Å². The van der Waals surface area contributed by atoms with Crippen molar-refractivity contribution >= 4 is 22.6 Å². The Morgan fingerprint density at radius 3 is 2.57 bits per heavy atom. The third kappa shape index (κ3) is 4.20. The molecule has 0 amide bonds. The molecule has 6 nitrogen and oxygen atoms in total. The Bertz CT molecular complexity index is 1310. The highest BCUT2D eigenvalue weighted by Gasteiger charge is 2.29. The lowest BCUT2D eigenvalue weighted by molar-refractivity contribution is 0.0695. The lowest BCUT2D eigenvalue weighted by Crippen LogP contribution is -2.47. The zero-order chi connectivity index (χ0) is 24.1. The standard InChI is InChI=1S/C28H32FN3O3/c29-24-14-22-25(32(20-8-9-20)17-23(27(22)33)28(34)35)15-26(24)31-12-10-30(11-13-31)16-19-6-3-5-18-4-1-2-7-21(18)19/h6,14-15,17,20H,1-5,7-13,16H2,(H,34,35). The van der Waals surface area contributed by atoms with Crippen LogP contribution in [0.15, 0.2) is 45.9 Å². The van der Waals surface area contributed by atoms with E-state index in [1.165, 1.54) is 49.9 Å². The SMILES string of the molecule is O=C(O)c1cn(C2CC2)c2cc(N3CCN(CC4=CCCC5=C4CCCC5)CC3)c(F)cc2c1=O. The van der Waals surface area contributed by atoms with Crippen molar-refractivity contribution in [2.24, 2.45) is 0 Å². The lowest BCUT2D eigenvalue weighted by Gasteiger charge is -2.38. The van der Waals surface area contributed by atoms with Crippen LogP contribution in [0.2, 0.25) is 0 Å². The molecule has 3 aliphatic carbocycles. The first kappa shape index (κ1) is 22.5. The van der Waals surface area contributed by atoms with E-state index in [2.05, 4.69) is 15.9 Å². The number of carboxylic acid groups (broad SMARTS) is 1. The molecule has 2 aromatic rings. The molecule has 1 aromatic carbocycles. The third-order valence-electron chi connectivity index (χ3n) is 8.18. The molecule has 4 aliphatic rings. The van der Waals surface area contributed by atoms with Crippen molar-refractivity contribution in [3.63, 3.8) is 0 Å². The molecule has 35 heavy (non-hydrogen) atoms. The number of piperazine rings is 1. The predicted octanol–water partition coefficient (Wildman–Crippen LogP) is 4.89. The number of pyridine rings is 1. The molecule has 2 heterocycles. The van der Waals surface area contributed by atoms with Crippen molar-refractivity contribution in [3.8, 4) is 0 Å². The molecule has 7 heteroatoms. The molecule has 1 saturated carbocycles. The van der Waals surface area contributed by atoms with Crippen LogP contribution in [0.25, 0.3) is 10.9 Å². The third-order valence-corrected chi connectivity index (χ3v) is 8.18. The number of hydrogen-bond acceptors (Lipinski definition) is 4. The summed E-state index contributed by atoms with van der Waals surface area (Å²) in [6.07, 6.45) is 13.2. The zero-order valence-corrected chi connectivity index (χ0v) is 20.1. The lowest BCUT2D eigenvalue weighted by atomic mass is 9.81. The van der Waals surface area contributed by atoms with Gasteiger partial charge in [0.2, 0.25) is 5.43 Å². The number of benzene rings is 1. The van der Waals surface area contributed by atoms with E-state index in [-0.39, 0.29) is 17.0 Å². The Kier molecular flexibility index (Phi) is 5.75. The predicted molar refractivity (Wildman–Crippen MR) is 135 cm³/mol. The van der Waals surface area contributed by atoms with Crippen molar-refractivity contribution in [1.82, 2.24) is 9.47 Å². The molecule has 1 N–H and O–H groups in total. The number of aromatic carboxylic acids is 1. The largest absolute Gasteiger partial charge is 0.477 e. The average Bonchev–Trinajstić information content (AvgIpc) is 3.70. The van der Waals surface area contributed by atoms with Crippen LogP contribution in [0, 0.1) is 5.82 Å². The second kappa shape index (κ2) is 8.94.